The van der Waals surface area contributed by atoms with Gasteiger partial charge in [-0.1, -0.05) is 48.0 Å². The molecule has 0 saturated carbocycles. The molecular weight excluding hydrogens is 397 g/mol. The summed E-state index contributed by atoms with van der Waals surface area (Å²) in [5.41, 5.74) is 5.17. The van der Waals surface area contributed by atoms with E-state index in [2.05, 4.69) is 29.6 Å². The molecule has 3 aromatic carbocycles. The minimum Gasteiger partial charge on any atom is -0.325 e. The van der Waals surface area contributed by atoms with Crippen LogP contribution in [0.3, 0.4) is 0 Å². The van der Waals surface area contributed by atoms with Crippen molar-refractivity contribution in [2.75, 3.05) is 11.1 Å². The number of amides is 1. The topological polar surface area (TPSA) is 53.8 Å². The lowest BCUT2D eigenvalue weighted by molar-refractivity contribution is -0.113. The maximum atomic E-state index is 13.3. The maximum absolute atomic E-state index is 13.3. The number of carbonyl (C=O) groups is 1. The normalized spacial score (nSPS) is 13.0. The molecule has 0 unspecified atom stereocenters. The Bertz CT molecular complexity index is 1140. The zero-order valence-electron chi connectivity index (χ0n) is 16.4. The highest BCUT2D eigenvalue weighted by atomic mass is 32.2. The predicted molar refractivity (Wildman–Crippen MR) is 123 cm³/mol. The van der Waals surface area contributed by atoms with E-state index in [1.165, 1.54) is 29.5 Å². The van der Waals surface area contributed by atoms with Crippen molar-refractivity contribution in [2.24, 2.45) is 9.98 Å². The van der Waals surface area contributed by atoms with Gasteiger partial charge in [-0.15, -0.1) is 11.8 Å². The first-order valence-electron chi connectivity index (χ1n) is 9.56. The third kappa shape index (κ3) is 5.02. The fourth-order valence-electron chi connectivity index (χ4n) is 3.06. The molecule has 1 N–H and O–H groups in total. The van der Waals surface area contributed by atoms with Crippen LogP contribution in [0.15, 0.2) is 82.8 Å². The van der Waals surface area contributed by atoms with Crippen LogP contribution in [0.25, 0.3) is 0 Å². The Morgan fingerprint density at radius 1 is 1.00 bits per heavy atom. The molecule has 0 saturated heterocycles. The second-order valence-corrected chi connectivity index (χ2v) is 7.99. The van der Waals surface area contributed by atoms with Crippen LogP contribution in [0.5, 0.6) is 0 Å². The standard InChI is InChI=1S/C24H20FN3OS/c1-16-9-11-17(12-10-16)22-14-24(28-21-8-3-2-7-20(21)27-22)30-15-23(29)26-19-6-4-5-18(25)13-19/h2-13H,14-15H2,1H3,(H,26,29). The molecule has 1 amide bonds. The Balaban J connectivity index is 1.52. The van der Waals surface area contributed by atoms with E-state index in [1.807, 2.05) is 31.2 Å². The van der Waals surface area contributed by atoms with Gasteiger partial charge in [0.1, 0.15) is 5.82 Å². The smallest absolute Gasteiger partial charge is 0.234 e. The van der Waals surface area contributed by atoms with E-state index in [-0.39, 0.29) is 17.5 Å². The monoisotopic (exact) mass is 417 g/mol. The highest BCUT2D eigenvalue weighted by Gasteiger charge is 2.16. The van der Waals surface area contributed by atoms with Crippen molar-refractivity contribution in [3.05, 3.63) is 89.7 Å². The van der Waals surface area contributed by atoms with Crippen LogP contribution in [0.4, 0.5) is 21.5 Å². The molecule has 150 valence electrons. The van der Waals surface area contributed by atoms with E-state index >= 15 is 0 Å². The number of nitrogens with one attached hydrogen (secondary N) is 1. The number of carbonyl (C=O) groups excluding carboxylic acids is 1. The van der Waals surface area contributed by atoms with Crippen LogP contribution < -0.4 is 5.32 Å². The van der Waals surface area contributed by atoms with Crippen LogP contribution in [-0.4, -0.2) is 22.4 Å². The number of benzene rings is 3. The molecule has 1 aliphatic rings. The molecular formula is C24H20FN3OS. The number of hydrogen-bond donors (Lipinski definition) is 1. The van der Waals surface area contributed by atoms with Gasteiger partial charge in [0.25, 0.3) is 0 Å². The van der Waals surface area contributed by atoms with Gasteiger partial charge in [0.2, 0.25) is 5.91 Å². The van der Waals surface area contributed by atoms with Crippen LogP contribution in [0.2, 0.25) is 0 Å². The molecule has 1 heterocycles. The molecule has 4 rings (SSSR count). The van der Waals surface area contributed by atoms with Gasteiger partial charge < -0.3 is 5.32 Å². The SMILES string of the molecule is Cc1ccc(C2=Nc3ccccc3N=C(SCC(=O)Nc3cccc(F)c3)C2)cc1. The van der Waals surface area contributed by atoms with E-state index in [0.29, 0.717) is 12.1 Å². The van der Waals surface area contributed by atoms with Gasteiger partial charge in [-0.05, 0) is 42.8 Å². The lowest BCUT2D eigenvalue weighted by Gasteiger charge is -2.09. The molecule has 6 heteroatoms. The third-order valence-corrected chi connectivity index (χ3v) is 5.54. The fourth-order valence-corrected chi connectivity index (χ4v) is 3.83. The van der Waals surface area contributed by atoms with Crippen molar-refractivity contribution in [1.82, 2.24) is 0 Å². The number of aryl methyl sites for hydroxylation is 1. The number of fused-ring (bicyclic) bond motifs is 1. The van der Waals surface area contributed by atoms with Crippen LogP contribution >= 0.6 is 11.8 Å². The van der Waals surface area contributed by atoms with E-state index < -0.39 is 0 Å². The van der Waals surface area contributed by atoms with Crippen molar-refractivity contribution in [3.63, 3.8) is 0 Å². The molecule has 0 spiro atoms. The third-order valence-electron chi connectivity index (χ3n) is 4.56. The fraction of sp³-hybridized carbons (Fsp3) is 0.125. The minimum absolute atomic E-state index is 0.179. The maximum Gasteiger partial charge on any atom is 0.234 e. The average molecular weight is 418 g/mol. The Morgan fingerprint density at radius 3 is 2.47 bits per heavy atom. The molecule has 3 aromatic rings. The predicted octanol–water partition coefficient (Wildman–Crippen LogP) is 6.06. The van der Waals surface area contributed by atoms with Crippen molar-refractivity contribution in [3.8, 4) is 0 Å². The van der Waals surface area contributed by atoms with Crippen molar-refractivity contribution >= 4 is 45.5 Å². The van der Waals surface area contributed by atoms with E-state index in [9.17, 15) is 9.18 Å². The molecule has 0 bridgehead atoms. The summed E-state index contributed by atoms with van der Waals surface area (Å²) in [7, 11) is 0. The number of rotatable bonds is 4. The molecule has 0 aliphatic carbocycles. The Morgan fingerprint density at radius 2 is 1.73 bits per heavy atom. The van der Waals surface area contributed by atoms with Gasteiger partial charge in [-0.2, -0.15) is 0 Å². The molecule has 1 aliphatic heterocycles. The average Bonchev–Trinajstić information content (AvgIpc) is 2.92. The molecule has 30 heavy (non-hydrogen) atoms. The summed E-state index contributed by atoms with van der Waals surface area (Å²) in [6.07, 6.45) is 0.537. The number of halogens is 1. The summed E-state index contributed by atoms with van der Waals surface area (Å²) in [4.78, 5) is 21.9. The number of thioether (sulfide) groups is 1. The summed E-state index contributed by atoms with van der Waals surface area (Å²) >= 11 is 1.37. The van der Waals surface area contributed by atoms with Gasteiger partial charge in [0.15, 0.2) is 0 Å². The van der Waals surface area contributed by atoms with E-state index in [1.54, 1.807) is 12.1 Å². The second kappa shape index (κ2) is 9.05. The first-order valence-corrected chi connectivity index (χ1v) is 10.5. The lowest BCUT2D eigenvalue weighted by Crippen LogP contribution is -2.16. The molecule has 0 radical (unpaired) electrons. The number of hydrogen-bond acceptors (Lipinski definition) is 4. The largest absolute Gasteiger partial charge is 0.325 e. The quantitative estimate of drug-likeness (QED) is 0.561. The van der Waals surface area contributed by atoms with Gasteiger partial charge in [0, 0.05) is 12.1 Å². The number of anilines is 1. The van der Waals surface area contributed by atoms with Crippen molar-refractivity contribution in [1.29, 1.82) is 0 Å². The highest BCUT2D eigenvalue weighted by Crippen LogP contribution is 2.33. The van der Waals surface area contributed by atoms with Crippen molar-refractivity contribution in [2.45, 2.75) is 13.3 Å². The lowest BCUT2D eigenvalue weighted by atomic mass is 10.1. The summed E-state index contributed by atoms with van der Waals surface area (Å²) in [5, 5.41) is 3.53. The zero-order chi connectivity index (χ0) is 20.9. The van der Waals surface area contributed by atoms with Gasteiger partial charge >= 0.3 is 0 Å². The van der Waals surface area contributed by atoms with Crippen LogP contribution in [-0.2, 0) is 4.79 Å². The Kier molecular flexibility index (Phi) is 6.05. The van der Waals surface area contributed by atoms with E-state index in [0.717, 1.165) is 27.7 Å². The molecule has 0 aromatic heterocycles. The van der Waals surface area contributed by atoms with Gasteiger partial charge in [0.05, 0.1) is 27.9 Å². The summed E-state index contributed by atoms with van der Waals surface area (Å²) in [5.74, 6) is -0.414. The summed E-state index contributed by atoms with van der Waals surface area (Å²) in [6, 6.07) is 21.8. The Hall–Kier alpha value is -3.25. The first-order chi connectivity index (χ1) is 14.6. The molecule has 0 atom stereocenters. The zero-order valence-corrected chi connectivity index (χ0v) is 17.2. The van der Waals surface area contributed by atoms with Crippen LogP contribution in [0.1, 0.15) is 17.5 Å². The van der Waals surface area contributed by atoms with E-state index in [4.69, 9.17) is 9.98 Å². The minimum atomic E-state index is -0.385. The number of aliphatic imine (C=N–C) groups is 2. The summed E-state index contributed by atoms with van der Waals surface area (Å²) < 4.78 is 13.3. The van der Waals surface area contributed by atoms with Gasteiger partial charge in [-0.25, -0.2) is 9.38 Å². The number of para-hydroxylation sites is 2. The molecule has 0 fully saturated rings. The second-order valence-electron chi connectivity index (χ2n) is 6.94. The number of nitrogens with zero attached hydrogens (tertiary/aromatic N) is 2. The Labute approximate surface area is 179 Å². The summed E-state index contributed by atoms with van der Waals surface area (Å²) in [6.45, 7) is 2.05. The first kappa shape index (κ1) is 20.0. The molecule has 4 nitrogen and oxygen atoms in total. The van der Waals surface area contributed by atoms with Crippen LogP contribution in [0, 0.1) is 12.7 Å². The van der Waals surface area contributed by atoms with Crippen molar-refractivity contribution < 1.29 is 9.18 Å². The van der Waals surface area contributed by atoms with Gasteiger partial charge in [-0.3, -0.25) is 9.79 Å². The highest BCUT2D eigenvalue weighted by molar-refractivity contribution is 8.14.